The molecule has 0 radical (unpaired) electrons. The Kier molecular flexibility index (Phi) is 8.95. The monoisotopic (exact) mass is 172 g/mol. The van der Waals surface area contributed by atoms with E-state index in [0.29, 0.717) is 0 Å². The smallest absolute Gasteiger partial charge is 0.00518 e. The molecule has 0 saturated heterocycles. The Morgan fingerprint density at radius 1 is 1.25 bits per heavy atom. The normalized spacial score (nSPS) is 13.2. The molecule has 3 N–H and O–H groups in total. The zero-order valence-electron chi connectivity index (χ0n) is 8.60. The fraction of sp³-hybridized carbons (Fsp3) is 1.00. The molecule has 0 aliphatic heterocycles. The number of rotatable bonds is 8. The second-order valence-corrected chi connectivity index (χ2v) is 3.48. The highest BCUT2D eigenvalue weighted by atomic mass is 14.8. The van der Waals surface area contributed by atoms with Crippen LogP contribution >= 0.6 is 0 Å². The lowest BCUT2D eigenvalue weighted by molar-refractivity contribution is 0.407. The van der Waals surface area contributed by atoms with Crippen LogP contribution in [-0.2, 0) is 0 Å². The molecule has 0 spiro atoms. The minimum Gasteiger partial charge on any atom is -0.330 e. The molecule has 1 unspecified atom stereocenters. The van der Waals surface area contributed by atoms with Crippen LogP contribution in [0.15, 0.2) is 0 Å². The summed E-state index contributed by atoms with van der Waals surface area (Å²) in [5.74, 6) is 0.869. The van der Waals surface area contributed by atoms with E-state index in [2.05, 4.69) is 12.2 Å². The predicted molar refractivity (Wildman–Crippen MR) is 55.2 cm³/mol. The maximum atomic E-state index is 5.55. The van der Waals surface area contributed by atoms with E-state index in [4.69, 9.17) is 5.73 Å². The second-order valence-electron chi connectivity index (χ2n) is 3.48. The van der Waals surface area contributed by atoms with E-state index in [1.807, 2.05) is 7.05 Å². The van der Waals surface area contributed by atoms with Crippen LogP contribution in [0.3, 0.4) is 0 Å². The van der Waals surface area contributed by atoms with Gasteiger partial charge in [0.15, 0.2) is 0 Å². The summed E-state index contributed by atoms with van der Waals surface area (Å²) < 4.78 is 0. The van der Waals surface area contributed by atoms with Crippen molar-refractivity contribution in [3.05, 3.63) is 0 Å². The minimum absolute atomic E-state index is 0.851. The lowest BCUT2D eigenvalue weighted by Gasteiger charge is -2.14. The van der Waals surface area contributed by atoms with Gasteiger partial charge in [-0.25, -0.2) is 0 Å². The van der Waals surface area contributed by atoms with Crippen LogP contribution in [0.2, 0.25) is 0 Å². The van der Waals surface area contributed by atoms with Crippen LogP contribution in [0.4, 0.5) is 0 Å². The fourth-order valence-electron chi connectivity index (χ4n) is 1.64. The van der Waals surface area contributed by atoms with Crippen LogP contribution in [0, 0.1) is 5.92 Å². The van der Waals surface area contributed by atoms with E-state index < -0.39 is 0 Å². The van der Waals surface area contributed by atoms with Crippen molar-refractivity contribution in [2.75, 3.05) is 20.1 Å². The Balaban J connectivity index is 3.34. The summed E-state index contributed by atoms with van der Waals surface area (Å²) in [7, 11) is 2.01. The van der Waals surface area contributed by atoms with Gasteiger partial charge < -0.3 is 11.1 Å². The summed E-state index contributed by atoms with van der Waals surface area (Å²) in [4.78, 5) is 0. The van der Waals surface area contributed by atoms with Crippen molar-refractivity contribution in [3.63, 3.8) is 0 Å². The van der Waals surface area contributed by atoms with Gasteiger partial charge in [0.2, 0.25) is 0 Å². The summed E-state index contributed by atoms with van der Waals surface area (Å²) in [6, 6.07) is 0. The van der Waals surface area contributed by atoms with Gasteiger partial charge in [-0.1, -0.05) is 19.8 Å². The number of nitrogens with two attached hydrogens (primary N) is 1. The Morgan fingerprint density at radius 2 is 2.00 bits per heavy atom. The quantitative estimate of drug-likeness (QED) is 0.547. The third-order valence-corrected chi connectivity index (χ3v) is 2.31. The van der Waals surface area contributed by atoms with E-state index >= 15 is 0 Å². The van der Waals surface area contributed by atoms with Crippen LogP contribution in [-0.4, -0.2) is 20.1 Å². The largest absolute Gasteiger partial charge is 0.330 e. The SMILES string of the molecule is CCCC(CCN)CCCNC. The second kappa shape index (κ2) is 9.01. The summed E-state index contributed by atoms with van der Waals surface area (Å²) >= 11 is 0. The van der Waals surface area contributed by atoms with Crippen molar-refractivity contribution in [1.82, 2.24) is 5.32 Å². The van der Waals surface area contributed by atoms with E-state index in [9.17, 15) is 0 Å². The Morgan fingerprint density at radius 3 is 2.50 bits per heavy atom. The van der Waals surface area contributed by atoms with Gasteiger partial charge in [-0.2, -0.15) is 0 Å². The average molecular weight is 172 g/mol. The van der Waals surface area contributed by atoms with Crippen LogP contribution < -0.4 is 11.1 Å². The highest BCUT2D eigenvalue weighted by Gasteiger charge is 2.05. The van der Waals surface area contributed by atoms with E-state index in [1.165, 1.54) is 32.1 Å². The molecule has 0 rings (SSSR count). The lowest BCUT2D eigenvalue weighted by Crippen LogP contribution is -2.12. The molecule has 12 heavy (non-hydrogen) atoms. The molecule has 0 aromatic heterocycles. The van der Waals surface area contributed by atoms with Crippen molar-refractivity contribution in [1.29, 1.82) is 0 Å². The van der Waals surface area contributed by atoms with Crippen LogP contribution in [0.25, 0.3) is 0 Å². The first-order valence-corrected chi connectivity index (χ1v) is 5.19. The molecule has 2 nitrogen and oxygen atoms in total. The molecular formula is C10H24N2. The van der Waals surface area contributed by atoms with Gasteiger partial charge in [0.05, 0.1) is 0 Å². The molecule has 0 heterocycles. The predicted octanol–water partition coefficient (Wildman–Crippen LogP) is 1.75. The molecular weight excluding hydrogens is 148 g/mol. The van der Waals surface area contributed by atoms with Gasteiger partial charge >= 0.3 is 0 Å². The summed E-state index contributed by atoms with van der Waals surface area (Å²) in [6.07, 6.45) is 6.48. The van der Waals surface area contributed by atoms with Gasteiger partial charge in [0, 0.05) is 0 Å². The van der Waals surface area contributed by atoms with Crippen LogP contribution in [0.5, 0.6) is 0 Å². The van der Waals surface area contributed by atoms with Crippen LogP contribution in [0.1, 0.15) is 39.0 Å². The molecule has 0 fully saturated rings. The summed E-state index contributed by atoms with van der Waals surface area (Å²) in [6.45, 7) is 4.25. The highest BCUT2D eigenvalue weighted by Crippen LogP contribution is 2.16. The van der Waals surface area contributed by atoms with Crippen molar-refractivity contribution in [2.45, 2.75) is 39.0 Å². The van der Waals surface area contributed by atoms with Gasteiger partial charge in [0.1, 0.15) is 0 Å². The average Bonchev–Trinajstić information content (AvgIpc) is 2.06. The number of hydrogen-bond donors (Lipinski definition) is 2. The Labute approximate surface area is 76.9 Å². The topological polar surface area (TPSA) is 38.0 Å². The standard InChI is InChI=1S/C10H24N2/c1-3-5-10(7-8-11)6-4-9-12-2/h10,12H,3-9,11H2,1-2H3. The van der Waals surface area contributed by atoms with E-state index in [-0.39, 0.29) is 0 Å². The third kappa shape index (κ3) is 6.62. The molecule has 1 atom stereocenters. The lowest BCUT2D eigenvalue weighted by atomic mass is 9.94. The summed E-state index contributed by atoms with van der Waals surface area (Å²) in [5, 5.41) is 3.18. The molecule has 0 amide bonds. The highest BCUT2D eigenvalue weighted by molar-refractivity contribution is 4.60. The fourth-order valence-corrected chi connectivity index (χ4v) is 1.64. The maximum Gasteiger partial charge on any atom is -0.00518 e. The molecule has 0 aromatic carbocycles. The number of nitrogens with one attached hydrogen (secondary N) is 1. The van der Waals surface area contributed by atoms with Crippen molar-refractivity contribution in [3.8, 4) is 0 Å². The third-order valence-electron chi connectivity index (χ3n) is 2.31. The van der Waals surface area contributed by atoms with E-state index in [1.54, 1.807) is 0 Å². The minimum atomic E-state index is 0.851. The van der Waals surface area contributed by atoms with Crippen molar-refractivity contribution in [2.24, 2.45) is 11.7 Å². The molecule has 0 aromatic rings. The molecule has 0 saturated carbocycles. The summed E-state index contributed by atoms with van der Waals surface area (Å²) in [5.41, 5.74) is 5.55. The zero-order chi connectivity index (χ0) is 9.23. The molecule has 74 valence electrons. The van der Waals surface area contributed by atoms with Crippen molar-refractivity contribution >= 4 is 0 Å². The van der Waals surface area contributed by atoms with Gasteiger partial charge in [-0.3, -0.25) is 0 Å². The molecule has 0 aliphatic carbocycles. The first-order valence-electron chi connectivity index (χ1n) is 5.19. The molecule has 2 heteroatoms. The first kappa shape index (κ1) is 11.9. The maximum absolute atomic E-state index is 5.55. The molecule has 0 bridgehead atoms. The van der Waals surface area contributed by atoms with Gasteiger partial charge in [-0.05, 0) is 45.3 Å². The zero-order valence-corrected chi connectivity index (χ0v) is 8.60. The molecule has 0 aliphatic rings. The Hall–Kier alpha value is -0.0800. The van der Waals surface area contributed by atoms with E-state index in [0.717, 1.165) is 19.0 Å². The van der Waals surface area contributed by atoms with Gasteiger partial charge in [0.25, 0.3) is 0 Å². The van der Waals surface area contributed by atoms with Gasteiger partial charge in [-0.15, -0.1) is 0 Å². The Bertz CT molecular complexity index is 77.9. The van der Waals surface area contributed by atoms with Crippen molar-refractivity contribution < 1.29 is 0 Å². The number of hydrogen-bond acceptors (Lipinski definition) is 2. The first-order chi connectivity index (χ1) is 5.85.